The van der Waals surface area contributed by atoms with Crippen LogP contribution >= 0.6 is 0 Å². The van der Waals surface area contributed by atoms with Crippen molar-refractivity contribution < 1.29 is 9.90 Å². The molecule has 0 radical (unpaired) electrons. The predicted octanol–water partition coefficient (Wildman–Crippen LogP) is 2.13. The number of benzene rings is 1. The zero-order chi connectivity index (χ0) is 13.1. The third kappa shape index (κ3) is 3.39. The molecule has 1 aromatic carbocycles. The van der Waals surface area contributed by atoms with Gasteiger partial charge in [-0.3, -0.25) is 0 Å². The summed E-state index contributed by atoms with van der Waals surface area (Å²) in [6.07, 6.45) is 2.99. The third-order valence-electron chi connectivity index (χ3n) is 3.35. The van der Waals surface area contributed by atoms with E-state index >= 15 is 0 Å². The minimum absolute atomic E-state index is 0.00350. The summed E-state index contributed by atoms with van der Waals surface area (Å²) in [6.45, 7) is 2.03. The summed E-state index contributed by atoms with van der Waals surface area (Å²) >= 11 is 0. The summed E-state index contributed by atoms with van der Waals surface area (Å²) in [4.78, 5) is 13.6. The van der Waals surface area contributed by atoms with E-state index in [9.17, 15) is 9.90 Å². The van der Waals surface area contributed by atoms with E-state index < -0.39 is 0 Å². The Kier molecular flexibility index (Phi) is 3.75. The van der Waals surface area contributed by atoms with Crippen molar-refractivity contribution in [2.24, 2.45) is 0 Å². The fourth-order valence-electron chi connectivity index (χ4n) is 1.81. The lowest BCUT2D eigenvalue weighted by Gasteiger charge is -2.25. The van der Waals surface area contributed by atoms with Gasteiger partial charge in [-0.15, -0.1) is 0 Å². The fraction of sp³-hybridized carbons (Fsp3) is 0.500. The van der Waals surface area contributed by atoms with Gasteiger partial charge in [0, 0.05) is 19.1 Å². The largest absolute Gasteiger partial charge is 0.508 e. The molecule has 1 aliphatic carbocycles. The number of phenols is 1. The van der Waals surface area contributed by atoms with Crippen LogP contribution in [0.25, 0.3) is 0 Å². The van der Waals surface area contributed by atoms with Crippen LogP contribution in [0.2, 0.25) is 0 Å². The highest BCUT2D eigenvalue weighted by Gasteiger charge is 2.26. The molecule has 2 N–H and O–H groups in total. The normalized spacial score (nSPS) is 16.1. The van der Waals surface area contributed by atoms with Gasteiger partial charge in [0.2, 0.25) is 0 Å². The molecule has 0 aliphatic heterocycles. The molecule has 4 heteroatoms. The number of hydrogen-bond acceptors (Lipinski definition) is 2. The molecule has 1 aromatic rings. The monoisotopic (exact) mass is 248 g/mol. The molecule has 0 aromatic heterocycles. The van der Waals surface area contributed by atoms with Crippen molar-refractivity contribution in [2.45, 2.75) is 38.3 Å². The first-order valence-electron chi connectivity index (χ1n) is 6.37. The van der Waals surface area contributed by atoms with Gasteiger partial charge in [0.15, 0.2) is 0 Å². The average molecular weight is 248 g/mol. The summed E-state index contributed by atoms with van der Waals surface area (Å²) in [5.41, 5.74) is 1.12. The Labute approximate surface area is 108 Å². The van der Waals surface area contributed by atoms with Gasteiger partial charge < -0.3 is 15.3 Å². The summed E-state index contributed by atoms with van der Waals surface area (Å²) in [5.74, 6) is 0.270. The molecule has 1 atom stereocenters. The molecule has 98 valence electrons. The molecule has 18 heavy (non-hydrogen) atoms. The highest BCUT2D eigenvalue weighted by Crippen LogP contribution is 2.19. The van der Waals surface area contributed by atoms with E-state index in [0.29, 0.717) is 6.04 Å². The number of aromatic hydroxyl groups is 1. The maximum Gasteiger partial charge on any atom is 0.317 e. The number of carbonyl (C=O) groups excluding carboxylic acids is 1. The summed E-state index contributed by atoms with van der Waals surface area (Å²) in [7, 11) is 1.82. The van der Waals surface area contributed by atoms with Crippen LogP contribution in [-0.4, -0.2) is 35.2 Å². The molecular formula is C14H20N2O2. The molecular weight excluding hydrogens is 228 g/mol. The molecule has 1 fully saturated rings. The minimum Gasteiger partial charge on any atom is -0.508 e. The van der Waals surface area contributed by atoms with Crippen molar-refractivity contribution in [2.75, 3.05) is 7.05 Å². The van der Waals surface area contributed by atoms with E-state index in [1.807, 2.05) is 26.1 Å². The topological polar surface area (TPSA) is 52.6 Å². The first-order chi connectivity index (χ1) is 8.56. The molecule has 0 saturated heterocycles. The number of carbonyl (C=O) groups is 1. The molecule has 2 rings (SSSR count). The van der Waals surface area contributed by atoms with Crippen molar-refractivity contribution in [1.29, 1.82) is 0 Å². The van der Waals surface area contributed by atoms with Gasteiger partial charge in [0.05, 0.1) is 0 Å². The van der Waals surface area contributed by atoms with Crippen molar-refractivity contribution in [3.63, 3.8) is 0 Å². The smallest absolute Gasteiger partial charge is 0.317 e. The predicted molar refractivity (Wildman–Crippen MR) is 70.6 cm³/mol. The summed E-state index contributed by atoms with van der Waals surface area (Å²) in [5, 5.41) is 12.2. The van der Waals surface area contributed by atoms with Gasteiger partial charge in [0.1, 0.15) is 5.75 Å². The Morgan fingerprint density at radius 2 is 2.06 bits per heavy atom. The van der Waals surface area contributed by atoms with Crippen molar-refractivity contribution in [3.05, 3.63) is 29.8 Å². The van der Waals surface area contributed by atoms with Crippen LogP contribution in [0.4, 0.5) is 4.79 Å². The van der Waals surface area contributed by atoms with Crippen LogP contribution in [-0.2, 0) is 6.42 Å². The second-order valence-corrected chi connectivity index (χ2v) is 5.05. The fourth-order valence-corrected chi connectivity index (χ4v) is 1.81. The maximum atomic E-state index is 11.9. The van der Waals surface area contributed by atoms with Crippen LogP contribution in [0.5, 0.6) is 5.75 Å². The summed E-state index contributed by atoms with van der Waals surface area (Å²) in [6, 6.07) is 7.65. The van der Waals surface area contributed by atoms with Crippen LogP contribution in [0.3, 0.4) is 0 Å². The quantitative estimate of drug-likeness (QED) is 0.857. The summed E-state index contributed by atoms with van der Waals surface area (Å²) < 4.78 is 0. The highest BCUT2D eigenvalue weighted by atomic mass is 16.3. The highest BCUT2D eigenvalue weighted by molar-refractivity contribution is 5.74. The first-order valence-corrected chi connectivity index (χ1v) is 6.37. The number of hydrogen-bond donors (Lipinski definition) is 2. The third-order valence-corrected chi connectivity index (χ3v) is 3.35. The zero-order valence-corrected chi connectivity index (χ0v) is 10.9. The molecule has 4 nitrogen and oxygen atoms in total. The Balaban J connectivity index is 1.87. The van der Waals surface area contributed by atoms with E-state index in [1.165, 1.54) is 0 Å². The minimum atomic E-state index is 0.00350. The lowest BCUT2D eigenvalue weighted by Crippen LogP contribution is -2.44. The van der Waals surface area contributed by atoms with Crippen LogP contribution < -0.4 is 5.32 Å². The number of amides is 2. The lowest BCUT2D eigenvalue weighted by molar-refractivity contribution is 0.193. The second-order valence-electron chi connectivity index (χ2n) is 5.05. The number of nitrogens with one attached hydrogen (secondary N) is 1. The standard InChI is InChI=1S/C14H20N2O2/c1-10(9-11-3-7-13(17)8-4-11)16(2)14(18)15-12-5-6-12/h3-4,7-8,10,12,17H,5-6,9H2,1-2H3,(H,15,18)/t10-/m1/s1. The Morgan fingerprint density at radius 3 is 2.61 bits per heavy atom. The zero-order valence-electron chi connectivity index (χ0n) is 10.9. The number of phenolic OH excluding ortho intramolecular Hbond substituents is 1. The van der Waals surface area contributed by atoms with Gasteiger partial charge in [-0.25, -0.2) is 4.79 Å². The Hall–Kier alpha value is -1.71. The number of rotatable bonds is 4. The Morgan fingerprint density at radius 1 is 1.44 bits per heavy atom. The number of likely N-dealkylation sites (N-methyl/N-ethyl adjacent to an activating group) is 1. The second kappa shape index (κ2) is 5.29. The van der Waals surface area contributed by atoms with E-state index in [0.717, 1.165) is 24.8 Å². The van der Waals surface area contributed by atoms with Gasteiger partial charge in [-0.05, 0) is 43.9 Å². The van der Waals surface area contributed by atoms with E-state index in [1.54, 1.807) is 17.0 Å². The van der Waals surface area contributed by atoms with Crippen molar-refractivity contribution >= 4 is 6.03 Å². The average Bonchev–Trinajstić information content (AvgIpc) is 3.15. The molecule has 0 bridgehead atoms. The lowest BCUT2D eigenvalue weighted by atomic mass is 10.1. The van der Waals surface area contributed by atoms with Gasteiger partial charge >= 0.3 is 6.03 Å². The maximum absolute atomic E-state index is 11.9. The van der Waals surface area contributed by atoms with Crippen LogP contribution in [0.1, 0.15) is 25.3 Å². The molecule has 0 heterocycles. The van der Waals surface area contributed by atoms with Gasteiger partial charge in [-0.1, -0.05) is 12.1 Å². The van der Waals surface area contributed by atoms with E-state index in [-0.39, 0.29) is 17.8 Å². The van der Waals surface area contributed by atoms with E-state index in [4.69, 9.17) is 0 Å². The molecule has 1 aliphatic rings. The number of urea groups is 1. The Bertz CT molecular complexity index is 412. The molecule has 0 spiro atoms. The van der Waals surface area contributed by atoms with Crippen molar-refractivity contribution in [3.8, 4) is 5.75 Å². The molecule has 2 amide bonds. The van der Waals surface area contributed by atoms with Crippen molar-refractivity contribution in [1.82, 2.24) is 10.2 Å². The molecule has 0 unspecified atom stereocenters. The van der Waals surface area contributed by atoms with E-state index in [2.05, 4.69) is 5.32 Å². The molecule has 1 saturated carbocycles. The van der Waals surface area contributed by atoms with Crippen LogP contribution in [0.15, 0.2) is 24.3 Å². The first kappa shape index (κ1) is 12.7. The van der Waals surface area contributed by atoms with Gasteiger partial charge in [-0.2, -0.15) is 0 Å². The number of nitrogens with zero attached hydrogens (tertiary/aromatic N) is 1. The van der Waals surface area contributed by atoms with Gasteiger partial charge in [0.25, 0.3) is 0 Å². The van der Waals surface area contributed by atoms with Crippen LogP contribution in [0, 0.1) is 0 Å². The SMILES string of the molecule is C[C@H](Cc1ccc(O)cc1)N(C)C(=O)NC1CC1.